The lowest BCUT2D eigenvalue weighted by Crippen LogP contribution is -2.59. The summed E-state index contributed by atoms with van der Waals surface area (Å²) in [6.07, 6.45) is 10.6. The van der Waals surface area contributed by atoms with Crippen LogP contribution in [-0.2, 0) is 19.1 Å². The van der Waals surface area contributed by atoms with Crippen LogP contribution in [0.2, 0.25) is 0 Å². The Balaban J connectivity index is 1.87. The zero-order chi connectivity index (χ0) is 22.1. The number of carbonyl (C=O) groups is 3. The molecule has 1 N–H and O–H groups in total. The average molecular weight is 425 g/mol. The zero-order valence-corrected chi connectivity index (χ0v) is 19.0. The van der Waals surface area contributed by atoms with Crippen LogP contribution >= 0.6 is 0 Å². The van der Waals surface area contributed by atoms with E-state index in [9.17, 15) is 19.5 Å². The van der Waals surface area contributed by atoms with E-state index in [-0.39, 0.29) is 30.2 Å². The van der Waals surface area contributed by atoms with Crippen molar-refractivity contribution in [3.05, 3.63) is 0 Å². The largest absolute Gasteiger partial charge is 0.469 e. The van der Waals surface area contributed by atoms with Crippen molar-refractivity contribution in [2.45, 2.75) is 95.6 Å². The Morgan fingerprint density at radius 1 is 1.13 bits per heavy atom. The summed E-state index contributed by atoms with van der Waals surface area (Å²) in [5.74, 6) is 0.0346. The Morgan fingerprint density at radius 3 is 2.47 bits per heavy atom. The summed E-state index contributed by atoms with van der Waals surface area (Å²) < 4.78 is 4.65. The Labute approximate surface area is 181 Å². The number of esters is 1. The van der Waals surface area contributed by atoms with Crippen molar-refractivity contribution >= 4 is 17.8 Å². The molecule has 2 aliphatic rings. The van der Waals surface area contributed by atoms with Gasteiger partial charge in [0.2, 0.25) is 11.8 Å². The maximum absolute atomic E-state index is 12.8. The molecule has 7 nitrogen and oxygen atoms in total. The van der Waals surface area contributed by atoms with E-state index < -0.39 is 11.6 Å². The lowest BCUT2D eigenvalue weighted by Gasteiger charge is -2.42. The molecule has 0 aromatic rings. The monoisotopic (exact) mass is 424 g/mol. The van der Waals surface area contributed by atoms with Crippen molar-refractivity contribution in [1.82, 2.24) is 9.80 Å². The van der Waals surface area contributed by atoms with Gasteiger partial charge in [0.15, 0.2) is 0 Å². The molecule has 0 bridgehead atoms. The summed E-state index contributed by atoms with van der Waals surface area (Å²) in [4.78, 5) is 39.9. The fourth-order valence-electron chi connectivity index (χ4n) is 4.83. The molecule has 0 aromatic heterocycles. The number of amides is 2. The minimum atomic E-state index is -0.800. The predicted molar refractivity (Wildman–Crippen MR) is 115 cm³/mol. The van der Waals surface area contributed by atoms with E-state index in [0.29, 0.717) is 25.8 Å². The molecule has 2 unspecified atom stereocenters. The van der Waals surface area contributed by atoms with Crippen LogP contribution in [0.4, 0.5) is 0 Å². The van der Waals surface area contributed by atoms with Crippen LogP contribution in [0.25, 0.3) is 0 Å². The predicted octanol–water partition coefficient (Wildman–Crippen LogP) is 2.89. The van der Waals surface area contributed by atoms with Crippen LogP contribution in [0.15, 0.2) is 0 Å². The lowest BCUT2D eigenvalue weighted by atomic mass is 9.76. The van der Waals surface area contributed by atoms with E-state index in [1.807, 2.05) is 6.92 Å². The number of likely N-dealkylation sites (N-methyl/N-ethyl adjacent to an activating group) is 1. The van der Waals surface area contributed by atoms with E-state index in [4.69, 9.17) is 0 Å². The van der Waals surface area contributed by atoms with Gasteiger partial charge in [-0.25, -0.2) is 0 Å². The van der Waals surface area contributed by atoms with Gasteiger partial charge in [0.05, 0.1) is 19.3 Å². The van der Waals surface area contributed by atoms with E-state index in [1.165, 1.54) is 18.4 Å². The maximum Gasteiger partial charge on any atom is 0.305 e. The molecule has 2 rings (SSSR count). The van der Waals surface area contributed by atoms with Gasteiger partial charge in [0.25, 0.3) is 0 Å². The molecule has 1 heterocycles. The first-order chi connectivity index (χ1) is 14.3. The lowest BCUT2D eigenvalue weighted by molar-refractivity contribution is -0.156. The van der Waals surface area contributed by atoms with Gasteiger partial charge >= 0.3 is 5.97 Å². The highest BCUT2D eigenvalue weighted by atomic mass is 16.5. The highest BCUT2D eigenvalue weighted by Gasteiger charge is 2.39. The molecule has 7 heteroatoms. The van der Waals surface area contributed by atoms with Crippen LogP contribution in [-0.4, -0.2) is 71.6 Å². The molecule has 0 aromatic carbocycles. The first kappa shape index (κ1) is 24.6. The van der Waals surface area contributed by atoms with Gasteiger partial charge in [-0.15, -0.1) is 0 Å². The van der Waals surface area contributed by atoms with Gasteiger partial charge in [-0.1, -0.05) is 38.5 Å². The summed E-state index contributed by atoms with van der Waals surface area (Å²) in [6, 6.07) is -0.445. The number of hydrogen-bond acceptors (Lipinski definition) is 5. The summed E-state index contributed by atoms with van der Waals surface area (Å²) in [5, 5.41) is 11.0. The third-order valence-electron chi connectivity index (χ3n) is 6.91. The number of carbonyl (C=O) groups excluding carboxylic acids is 3. The molecule has 0 spiro atoms. The Kier molecular flexibility index (Phi) is 9.59. The van der Waals surface area contributed by atoms with Gasteiger partial charge in [-0.3, -0.25) is 14.4 Å². The van der Waals surface area contributed by atoms with Crippen LogP contribution in [0.1, 0.15) is 84.0 Å². The molecule has 1 saturated carbocycles. The second-order valence-corrected chi connectivity index (χ2v) is 9.27. The third-order valence-corrected chi connectivity index (χ3v) is 6.91. The fourth-order valence-corrected chi connectivity index (χ4v) is 4.83. The molecule has 2 atom stereocenters. The smallest absolute Gasteiger partial charge is 0.305 e. The first-order valence-corrected chi connectivity index (χ1v) is 11.6. The van der Waals surface area contributed by atoms with Crippen LogP contribution in [0.3, 0.4) is 0 Å². The van der Waals surface area contributed by atoms with Crippen molar-refractivity contribution in [2.24, 2.45) is 5.92 Å². The van der Waals surface area contributed by atoms with E-state index >= 15 is 0 Å². The molecule has 1 aliphatic heterocycles. The third kappa shape index (κ3) is 6.96. The molecule has 1 saturated heterocycles. The Bertz CT molecular complexity index is 586. The van der Waals surface area contributed by atoms with Crippen LogP contribution in [0.5, 0.6) is 0 Å². The van der Waals surface area contributed by atoms with Crippen LogP contribution in [0, 0.1) is 5.92 Å². The van der Waals surface area contributed by atoms with Crippen molar-refractivity contribution in [1.29, 1.82) is 0 Å². The second-order valence-electron chi connectivity index (χ2n) is 9.27. The standard InChI is InChI=1S/C23H40N2O5/c1-23(29,18-11-7-6-8-12-18)15-16-25-19(22(28)24(2)17-20(25)26)13-9-4-5-10-14-21(27)30-3/h18-19,29H,4-17H2,1-3H3. The first-order valence-electron chi connectivity index (χ1n) is 11.6. The molecule has 2 fully saturated rings. The summed E-state index contributed by atoms with van der Waals surface area (Å²) in [7, 11) is 3.07. The van der Waals surface area contributed by atoms with Gasteiger partial charge in [-0.2, -0.15) is 0 Å². The number of methoxy groups -OCH3 is 1. The molecule has 0 radical (unpaired) electrons. The van der Waals surface area contributed by atoms with E-state index in [2.05, 4.69) is 4.74 Å². The average Bonchev–Trinajstić information content (AvgIpc) is 2.73. The molecular formula is C23H40N2O5. The Morgan fingerprint density at radius 2 is 1.80 bits per heavy atom. The van der Waals surface area contributed by atoms with Crippen molar-refractivity contribution in [3.8, 4) is 0 Å². The van der Waals surface area contributed by atoms with Crippen molar-refractivity contribution in [2.75, 3.05) is 27.2 Å². The van der Waals surface area contributed by atoms with E-state index in [1.54, 1.807) is 11.9 Å². The number of ether oxygens (including phenoxy) is 1. The highest BCUT2D eigenvalue weighted by Crippen LogP contribution is 2.35. The zero-order valence-electron chi connectivity index (χ0n) is 19.0. The topological polar surface area (TPSA) is 87.2 Å². The molecule has 30 heavy (non-hydrogen) atoms. The normalized spacial score (nSPS) is 22.9. The minimum absolute atomic E-state index is 0.0125. The molecule has 2 amide bonds. The van der Waals surface area contributed by atoms with Crippen molar-refractivity contribution < 1.29 is 24.2 Å². The van der Waals surface area contributed by atoms with Gasteiger partial charge < -0.3 is 19.6 Å². The number of hydrogen-bond donors (Lipinski definition) is 1. The Hall–Kier alpha value is -1.63. The summed E-state index contributed by atoms with van der Waals surface area (Å²) >= 11 is 0. The molecule has 172 valence electrons. The quantitative estimate of drug-likeness (QED) is 0.407. The van der Waals surface area contributed by atoms with Crippen molar-refractivity contribution in [3.63, 3.8) is 0 Å². The number of unbranched alkanes of at least 4 members (excludes halogenated alkanes) is 3. The maximum atomic E-state index is 12.8. The van der Waals surface area contributed by atoms with Gasteiger partial charge in [-0.05, 0) is 44.9 Å². The molecule has 1 aliphatic carbocycles. The summed E-state index contributed by atoms with van der Waals surface area (Å²) in [5.41, 5.74) is -0.800. The van der Waals surface area contributed by atoms with Gasteiger partial charge in [0, 0.05) is 20.0 Å². The second kappa shape index (κ2) is 11.7. The molecular weight excluding hydrogens is 384 g/mol. The number of rotatable bonds is 11. The van der Waals surface area contributed by atoms with Crippen LogP contribution < -0.4 is 0 Å². The SMILES string of the molecule is COC(=O)CCCCCCC1C(=O)N(C)CC(=O)N1CCC(C)(O)C1CCCCC1. The number of nitrogens with zero attached hydrogens (tertiary/aromatic N) is 2. The number of aliphatic hydroxyl groups is 1. The van der Waals surface area contributed by atoms with E-state index in [0.717, 1.165) is 51.4 Å². The fraction of sp³-hybridized carbons (Fsp3) is 0.870. The minimum Gasteiger partial charge on any atom is -0.469 e. The van der Waals surface area contributed by atoms with Gasteiger partial charge in [0.1, 0.15) is 6.04 Å². The number of piperazine rings is 1. The summed E-state index contributed by atoms with van der Waals surface area (Å²) in [6.45, 7) is 2.43. The highest BCUT2D eigenvalue weighted by molar-refractivity contribution is 5.94.